The van der Waals surface area contributed by atoms with E-state index in [1.807, 2.05) is 18.2 Å². The number of hydrogen-bond donors (Lipinski definition) is 1. The van der Waals surface area contributed by atoms with Crippen molar-refractivity contribution >= 4 is 21.0 Å². The van der Waals surface area contributed by atoms with Crippen LogP contribution in [0, 0.1) is 0 Å². The molecule has 0 fully saturated rings. The molecule has 0 aliphatic heterocycles. The van der Waals surface area contributed by atoms with Crippen LogP contribution in [-0.2, 0) is 15.6 Å². The van der Waals surface area contributed by atoms with Gasteiger partial charge in [0, 0.05) is 6.20 Å². The SMILES string of the molecule is O=S(=O)(Cc1ccccc1)c1nc2ncccc2[nH]1. The van der Waals surface area contributed by atoms with Crippen LogP contribution >= 0.6 is 0 Å². The second-order valence-corrected chi connectivity index (χ2v) is 6.07. The lowest BCUT2D eigenvalue weighted by Gasteiger charge is -2.00. The minimum absolute atomic E-state index is 0.0370. The molecular formula is C13H11N3O2S. The predicted molar refractivity (Wildman–Crippen MR) is 71.2 cm³/mol. The highest BCUT2D eigenvalue weighted by molar-refractivity contribution is 7.90. The number of benzene rings is 1. The van der Waals surface area contributed by atoms with E-state index in [-0.39, 0.29) is 10.9 Å². The highest BCUT2D eigenvalue weighted by Crippen LogP contribution is 2.16. The average Bonchev–Trinajstić information content (AvgIpc) is 2.84. The Hall–Kier alpha value is -2.21. The molecule has 2 heterocycles. The first kappa shape index (κ1) is 11.9. The van der Waals surface area contributed by atoms with Gasteiger partial charge in [0.2, 0.25) is 15.0 Å². The molecule has 0 saturated carbocycles. The van der Waals surface area contributed by atoms with Gasteiger partial charge in [-0.3, -0.25) is 0 Å². The third-order valence-corrected chi connectivity index (χ3v) is 4.23. The third kappa shape index (κ3) is 2.34. The van der Waals surface area contributed by atoms with Crippen molar-refractivity contribution in [3.05, 3.63) is 54.2 Å². The van der Waals surface area contributed by atoms with E-state index in [9.17, 15) is 8.42 Å². The fourth-order valence-electron chi connectivity index (χ4n) is 1.83. The summed E-state index contributed by atoms with van der Waals surface area (Å²) in [5, 5.41) is -0.0370. The van der Waals surface area contributed by atoms with Crippen molar-refractivity contribution in [2.45, 2.75) is 10.9 Å². The second-order valence-electron chi connectivity index (χ2n) is 4.16. The quantitative estimate of drug-likeness (QED) is 0.791. The van der Waals surface area contributed by atoms with Gasteiger partial charge in [0.05, 0.1) is 11.3 Å². The summed E-state index contributed by atoms with van der Waals surface area (Å²) in [6, 6.07) is 12.5. The maximum atomic E-state index is 12.2. The number of H-pyrrole nitrogens is 1. The molecule has 0 amide bonds. The molecular weight excluding hydrogens is 262 g/mol. The topological polar surface area (TPSA) is 75.7 Å². The van der Waals surface area contributed by atoms with Gasteiger partial charge < -0.3 is 4.98 Å². The van der Waals surface area contributed by atoms with Crippen LogP contribution < -0.4 is 0 Å². The Morgan fingerprint density at radius 1 is 1.05 bits per heavy atom. The van der Waals surface area contributed by atoms with Crippen LogP contribution in [0.4, 0.5) is 0 Å². The Bertz CT molecular complexity index is 777. The lowest BCUT2D eigenvalue weighted by Crippen LogP contribution is -2.06. The summed E-state index contributed by atoms with van der Waals surface area (Å²) in [6.45, 7) is 0. The Kier molecular flexibility index (Phi) is 2.79. The monoisotopic (exact) mass is 273 g/mol. The first-order chi connectivity index (χ1) is 9.15. The summed E-state index contributed by atoms with van der Waals surface area (Å²) in [6.07, 6.45) is 1.58. The number of imidazole rings is 1. The zero-order valence-corrected chi connectivity index (χ0v) is 10.8. The molecule has 0 atom stereocenters. The fraction of sp³-hybridized carbons (Fsp3) is 0.0769. The predicted octanol–water partition coefficient (Wildman–Crippen LogP) is 1.93. The van der Waals surface area contributed by atoms with Gasteiger partial charge in [-0.15, -0.1) is 0 Å². The van der Waals surface area contributed by atoms with Crippen molar-refractivity contribution in [1.82, 2.24) is 15.0 Å². The summed E-state index contributed by atoms with van der Waals surface area (Å²) in [7, 11) is -3.48. The molecule has 6 heteroatoms. The summed E-state index contributed by atoms with van der Waals surface area (Å²) in [5.74, 6) is -0.0757. The van der Waals surface area contributed by atoms with Gasteiger partial charge >= 0.3 is 0 Å². The maximum absolute atomic E-state index is 12.2. The van der Waals surface area contributed by atoms with Gasteiger partial charge in [0.15, 0.2) is 5.65 Å². The Balaban J connectivity index is 2.00. The molecule has 19 heavy (non-hydrogen) atoms. The number of fused-ring (bicyclic) bond motifs is 1. The smallest absolute Gasteiger partial charge is 0.227 e. The van der Waals surface area contributed by atoms with Gasteiger partial charge in [0.1, 0.15) is 0 Å². The third-order valence-electron chi connectivity index (χ3n) is 2.73. The minimum atomic E-state index is -3.48. The zero-order chi connectivity index (χ0) is 13.3. The van der Waals surface area contributed by atoms with Crippen molar-refractivity contribution < 1.29 is 8.42 Å². The number of rotatable bonds is 3. The second kappa shape index (κ2) is 4.47. The van der Waals surface area contributed by atoms with Crippen molar-refractivity contribution in [3.63, 3.8) is 0 Å². The summed E-state index contributed by atoms with van der Waals surface area (Å²) >= 11 is 0. The Morgan fingerprint density at radius 2 is 1.84 bits per heavy atom. The number of aromatic amines is 1. The highest BCUT2D eigenvalue weighted by Gasteiger charge is 2.19. The molecule has 0 aliphatic rings. The van der Waals surface area contributed by atoms with E-state index in [2.05, 4.69) is 15.0 Å². The van der Waals surface area contributed by atoms with E-state index in [1.54, 1.807) is 30.5 Å². The molecule has 3 aromatic rings. The van der Waals surface area contributed by atoms with Crippen LogP contribution in [0.5, 0.6) is 0 Å². The molecule has 1 N–H and O–H groups in total. The lowest BCUT2D eigenvalue weighted by molar-refractivity contribution is 0.588. The number of sulfone groups is 1. The molecule has 0 unspecified atom stereocenters. The van der Waals surface area contributed by atoms with Crippen molar-refractivity contribution in [3.8, 4) is 0 Å². The molecule has 3 rings (SSSR count). The van der Waals surface area contributed by atoms with E-state index in [1.165, 1.54) is 0 Å². The van der Waals surface area contributed by atoms with Gasteiger partial charge in [-0.25, -0.2) is 13.4 Å². The summed E-state index contributed by atoms with van der Waals surface area (Å²) in [4.78, 5) is 10.8. The molecule has 96 valence electrons. The first-order valence-corrected chi connectivity index (χ1v) is 7.38. The first-order valence-electron chi connectivity index (χ1n) is 5.72. The van der Waals surface area contributed by atoms with Crippen molar-refractivity contribution in [2.24, 2.45) is 0 Å². The number of hydrogen-bond acceptors (Lipinski definition) is 4. The average molecular weight is 273 g/mol. The van der Waals surface area contributed by atoms with Crippen LogP contribution in [0.15, 0.2) is 53.8 Å². The van der Waals surface area contributed by atoms with E-state index in [0.29, 0.717) is 11.2 Å². The highest BCUT2D eigenvalue weighted by atomic mass is 32.2. The van der Waals surface area contributed by atoms with Crippen LogP contribution in [0.25, 0.3) is 11.2 Å². The number of aromatic nitrogens is 3. The molecule has 0 bridgehead atoms. The largest absolute Gasteiger partial charge is 0.327 e. The van der Waals surface area contributed by atoms with Crippen LogP contribution in [0.3, 0.4) is 0 Å². The van der Waals surface area contributed by atoms with Crippen LogP contribution in [0.1, 0.15) is 5.56 Å². The number of nitrogens with one attached hydrogen (secondary N) is 1. The minimum Gasteiger partial charge on any atom is -0.327 e. The Labute approximate surface area is 110 Å². The van der Waals surface area contributed by atoms with Crippen LogP contribution in [0.2, 0.25) is 0 Å². The molecule has 1 aromatic carbocycles. The van der Waals surface area contributed by atoms with Crippen LogP contribution in [-0.4, -0.2) is 23.4 Å². The van der Waals surface area contributed by atoms with Crippen molar-refractivity contribution in [1.29, 1.82) is 0 Å². The molecule has 0 saturated heterocycles. The molecule has 0 aliphatic carbocycles. The van der Waals surface area contributed by atoms with E-state index < -0.39 is 9.84 Å². The Morgan fingerprint density at radius 3 is 2.58 bits per heavy atom. The van der Waals surface area contributed by atoms with Gasteiger partial charge in [-0.1, -0.05) is 30.3 Å². The molecule has 2 aromatic heterocycles. The molecule has 5 nitrogen and oxygen atoms in total. The van der Waals surface area contributed by atoms with Gasteiger partial charge in [-0.2, -0.15) is 4.98 Å². The van der Waals surface area contributed by atoms with E-state index in [0.717, 1.165) is 5.56 Å². The summed E-state index contributed by atoms with van der Waals surface area (Å²) in [5.41, 5.74) is 1.76. The summed E-state index contributed by atoms with van der Waals surface area (Å²) < 4.78 is 24.5. The molecule has 0 spiro atoms. The van der Waals surface area contributed by atoms with Crippen molar-refractivity contribution in [2.75, 3.05) is 0 Å². The number of pyridine rings is 1. The van der Waals surface area contributed by atoms with E-state index in [4.69, 9.17) is 0 Å². The molecule has 0 radical (unpaired) electrons. The lowest BCUT2D eigenvalue weighted by atomic mass is 10.2. The fourth-order valence-corrected chi connectivity index (χ4v) is 3.09. The normalized spacial score (nSPS) is 11.8. The van der Waals surface area contributed by atoms with E-state index >= 15 is 0 Å². The number of nitrogens with zero attached hydrogens (tertiary/aromatic N) is 2. The standard InChI is InChI=1S/C13H11N3O2S/c17-19(18,9-10-5-2-1-3-6-10)13-15-11-7-4-8-14-12(11)16-13/h1-8H,9H2,(H,14,15,16). The zero-order valence-electron chi connectivity index (χ0n) is 9.95. The maximum Gasteiger partial charge on any atom is 0.227 e. The van der Waals surface area contributed by atoms with Gasteiger partial charge in [0.25, 0.3) is 0 Å². The van der Waals surface area contributed by atoms with Gasteiger partial charge in [-0.05, 0) is 17.7 Å².